The molecule has 0 aliphatic rings. The third kappa shape index (κ3) is 26.6. The summed E-state index contributed by atoms with van der Waals surface area (Å²) in [6.07, 6.45) is 0.540. The largest absolute Gasteiger partial charge is 0.412 e. The van der Waals surface area contributed by atoms with Crippen molar-refractivity contribution in [3.63, 3.8) is 0 Å². The van der Waals surface area contributed by atoms with E-state index in [0.29, 0.717) is 0 Å². The SMILES string of the molecule is C[O][Ge]([CH3])[CH2]CC(=O)O.C[O][Sn]([CH3])[CH2]CC(=O)O.O.O. The number of carbonyl (C=O) groups is 2. The Labute approximate surface area is 131 Å². The van der Waals surface area contributed by atoms with E-state index in [0.717, 1.165) is 9.69 Å². The fourth-order valence-electron chi connectivity index (χ4n) is 0.770. The molecule has 0 saturated carbocycles. The molecule has 0 spiro atoms. The van der Waals surface area contributed by atoms with Crippen LogP contribution in [-0.4, -0.2) is 82.2 Å². The molecule has 0 atom stereocenters. The minimum absolute atomic E-state index is 0. The Morgan fingerprint density at radius 1 is 1.10 bits per heavy atom. The van der Waals surface area contributed by atoms with Gasteiger partial charge in [0.05, 0.1) is 0 Å². The second kappa shape index (κ2) is 19.1. The molecule has 0 rings (SSSR count). The summed E-state index contributed by atoms with van der Waals surface area (Å²) in [5.41, 5.74) is 0. The molecule has 0 amide bonds. The second-order valence-corrected chi connectivity index (χ2v) is 15.1. The molecule has 8 nitrogen and oxygen atoms in total. The van der Waals surface area contributed by atoms with Crippen molar-refractivity contribution in [1.82, 2.24) is 0 Å². The summed E-state index contributed by atoms with van der Waals surface area (Å²) in [6.45, 7) is 0. The third-order valence-electron chi connectivity index (χ3n) is 2.08. The molecule has 0 unspecified atom stereocenters. The summed E-state index contributed by atoms with van der Waals surface area (Å²) in [5.74, 6) is 0.578. The van der Waals surface area contributed by atoms with E-state index in [1.54, 1.807) is 14.2 Å². The van der Waals surface area contributed by atoms with Crippen molar-refractivity contribution in [2.75, 3.05) is 14.2 Å². The maximum Gasteiger partial charge on any atom is -0.412 e. The fraction of sp³-hybridized carbons (Fsp3) is 0.800. The van der Waals surface area contributed by atoms with Crippen LogP contribution in [0.4, 0.5) is 0 Å². The summed E-state index contributed by atoms with van der Waals surface area (Å²) in [4.78, 5) is 22.0. The zero-order valence-electron chi connectivity index (χ0n) is 12.4. The fourth-order valence-corrected chi connectivity index (χ4v) is 4.58. The van der Waals surface area contributed by atoms with Crippen LogP contribution in [-0.2, 0) is 16.4 Å². The molecule has 0 aliphatic carbocycles. The van der Waals surface area contributed by atoms with Crippen molar-refractivity contribution in [1.29, 1.82) is 0 Å². The van der Waals surface area contributed by atoms with Crippen molar-refractivity contribution >= 4 is 46.8 Å². The molecule has 0 saturated heterocycles. The molecule has 122 valence electrons. The molecule has 6 N–H and O–H groups in total. The summed E-state index contributed by atoms with van der Waals surface area (Å²) in [6, 6.07) is 0. The van der Waals surface area contributed by atoms with Gasteiger partial charge in [-0.25, -0.2) is 0 Å². The van der Waals surface area contributed by atoms with E-state index in [-0.39, 0.29) is 23.8 Å². The van der Waals surface area contributed by atoms with Gasteiger partial charge in [-0.2, -0.15) is 0 Å². The first-order valence-electron chi connectivity index (χ1n) is 5.49. The maximum atomic E-state index is 10.00. The van der Waals surface area contributed by atoms with E-state index in [2.05, 4.69) is 0 Å². The topological polar surface area (TPSA) is 156 Å². The van der Waals surface area contributed by atoms with E-state index >= 15 is 0 Å². The molecular formula is C10H26GeO8Sn. The first-order valence-corrected chi connectivity index (χ1v) is 16.0. The summed E-state index contributed by atoms with van der Waals surface area (Å²) in [5, 5.41) is 17.2. The number of hydrogen-bond acceptors (Lipinski definition) is 4. The molecule has 0 aromatic heterocycles. The van der Waals surface area contributed by atoms with Gasteiger partial charge >= 0.3 is 121 Å². The van der Waals surface area contributed by atoms with E-state index in [1.165, 1.54) is 0 Å². The van der Waals surface area contributed by atoms with E-state index < -0.39 is 46.8 Å². The minimum atomic E-state index is -1.61. The van der Waals surface area contributed by atoms with Gasteiger partial charge in [0.1, 0.15) is 0 Å². The summed E-state index contributed by atoms with van der Waals surface area (Å²) in [7, 11) is 3.31. The monoisotopic (exact) mass is 468 g/mol. The van der Waals surface area contributed by atoms with Gasteiger partial charge in [0.25, 0.3) is 0 Å². The Kier molecular flexibility index (Phi) is 27.1. The van der Waals surface area contributed by atoms with Gasteiger partial charge in [0.15, 0.2) is 0 Å². The molecule has 2 radical (unpaired) electrons. The number of carboxylic acid groups (broad SMARTS) is 2. The van der Waals surface area contributed by atoms with Crippen LogP contribution in [0.2, 0.25) is 20.4 Å². The Hall–Kier alpha value is 0.122. The summed E-state index contributed by atoms with van der Waals surface area (Å²) >= 11 is -2.96. The average Bonchev–Trinajstić information content (AvgIpc) is 2.33. The van der Waals surface area contributed by atoms with Gasteiger partial charge in [0.2, 0.25) is 0 Å². The minimum Gasteiger partial charge on any atom is -0.412 e. The van der Waals surface area contributed by atoms with Gasteiger partial charge in [-0.05, 0) is 0 Å². The van der Waals surface area contributed by atoms with Crippen molar-refractivity contribution in [3.05, 3.63) is 0 Å². The van der Waals surface area contributed by atoms with Gasteiger partial charge in [-0.1, -0.05) is 0 Å². The van der Waals surface area contributed by atoms with Gasteiger partial charge in [-0.15, -0.1) is 0 Å². The Morgan fingerprint density at radius 3 is 1.85 bits per heavy atom. The molecule has 0 aromatic carbocycles. The molecule has 20 heavy (non-hydrogen) atoms. The molecular weight excluding hydrogens is 439 g/mol. The first kappa shape index (κ1) is 28.3. The summed E-state index contributed by atoms with van der Waals surface area (Å²) < 4.78 is 10.8. The molecule has 10 heteroatoms. The zero-order chi connectivity index (χ0) is 14.6. The number of rotatable bonds is 8. The van der Waals surface area contributed by atoms with E-state index in [9.17, 15) is 9.59 Å². The molecule has 0 aromatic rings. The van der Waals surface area contributed by atoms with Crippen LogP contribution >= 0.6 is 0 Å². The Bertz CT molecular complexity index is 217. The van der Waals surface area contributed by atoms with Gasteiger partial charge in [-0.3, -0.25) is 0 Å². The quantitative estimate of drug-likeness (QED) is 0.473. The molecule has 0 bridgehead atoms. The number of carboxylic acids is 2. The van der Waals surface area contributed by atoms with Crippen molar-refractivity contribution in [3.8, 4) is 0 Å². The zero-order valence-corrected chi connectivity index (χ0v) is 17.3. The first-order chi connectivity index (χ1) is 8.33. The third-order valence-corrected chi connectivity index (χ3v) is 10.3. The Balaban J connectivity index is -0.000000116. The maximum absolute atomic E-state index is 10.00. The second-order valence-electron chi connectivity index (χ2n) is 3.60. The standard InChI is InChI=1S/C5H11GeO3.C3H5O2.CH3O.CH3.2H2O.Sn/c1-6(9-2)4-3-5(7)8;1-2-3(4)5;1-2;;;;/h3-4H2,1-2H3,(H,7,8);1-2H2,(H,4,5);1H3;1H3;2*1H2;/q;;-1;;;;+1. The van der Waals surface area contributed by atoms with Gasteiger partial charge < -0.3 is 11.0 Å². The molecule has 0 heterocycles. The van der Waals surface area contributed by atoms with Crippen LogP contribution in [0.25, 0.3) is 0 Å². The predicted octanol–water partition coefficient (Wildman–Crippen LogP) is -0.192. The van der Waals surface area contributed by atoms with Gasteiger partial charge in [0, 0.05) is 0 Å². The van der Waals surface area contributed by atoms with Crippen molar-refractivity contribution in [2.24, 2.45) is 0 Å². The number of hydrogen-bond donors (Lipinski definition) is 2. The normalized spacial score (nSPS) is 9.10. The van der Waals surface area contributed by atoms with Crippen LogP contribution in [0.3, 0.4) is 0 Å². The average molecular weight is 466 g/mol. The van der Waals surface area contributed by atoms with Crippen LogP contribution in [0.15, 0.2) is 0 Å². The molecule has 0 aliphatic heterocycles. The molecule has 0 fully saturated rings. The Morgan fingerprint density at radius 2 is 1.55 bits per heavy atom. The van der Waals surface area contributed by atoms with E-state index in [4.69, 9.17) is 17.1 Å². The van der Waals surface area contributed by atoms with Crippen LogP contribution in [0.5, 0.6) is 0 Å². The van der Waals surface area contributed by atoms with Crippen molar-refractivity contribution in [2.45, 2.75) is 33.2 Å². The van der Waals surface area contributed by atoms with Crippen LogP contribution < -0.4 is 0 Å². The van der Waals surface area contributed by atoms with Crippen molar-refractivity contribution < 1.29 is 37.6 Å². The predicted molar refractivity (Wildman–Crippen MR) is 78.6 cm³/mol. The van der Waals surface area contributed by atoms with E-state index in [1.807, 2.05) is 10.7 Å². The number of aliphatic carboxylic acids is 2. The smallest absolute Gasteiger partial charge is 0.412 e. The van der Waals surface area contributed by atoms with Crippen LogP contribution in [0, 0.1) is 0 Å². The van der Waals surface area contributed by atoms with Crippen LogP contribution in [0.1, 0.15) is 12.8 Å².